The highest BCUT2D eigenvalue weighted by Gasteiger charge is 2.11. The van der Waals surface area contributed by atoms with E-state index in [0.717, 1.165) is 5.69 Å². The third-order valence-corrected chi connectivity index (χ3v) is 3.15. The third-order valence-electron chi connectivity index (χ3n) is 3.15. The molecule has 2 heteroatoms. The number of fused-ring (bicyclic) bond motifs is 1. The molecule has 0 aliphatic carbocycles. The molecule has 17 heavy (non-hydrogen) atoms. The van der Waals surface area contributed by atoms with Crippen LogP contribution in [0.2, 0.25) is 0 Å². The van der Waals surface area contributed by atoms with Gasteiger partial charge in [0.1, 0.15) is 0 Å². The van der Waals surface area contributed by atoms with Crippen LogP contribution in [0, 0.1) is 0 Å². The lowest BCUT2D eigenvalue weighted by molar-refractivity contribution is 0.845. The minimum atomic E-state index is 0.295. The highest BCUT2D eigenvalue weighted by molar-refractivity contribution is 5.80. The predicted octanol–water partition coefficient (Wildman–Crippen LogP) is 3.71. The molecule has 1 N–H and O–H groups in total. The smallest absolute Gasteiger partial charge is 0.0490 e. The van der Waals surface area contributed by atoms with Crippen LogP contribution in [-0.4, -0.2) is 9.97 Å². The zero-order chi connectivity index (χ0) is 11.7. The monoisotopic (exact) mass is 222 g/mol. The second kappa shape index (κ2) is 4.06. The van der Waals surface area contributed by atoms with Crippen LogP contribution < -0.4 is 0 Å². The van der Waals surface area contributed by atoms with Crippen molar-refractivity contribution in [2.24, 2.45) is 0 Å². The maximum absolute atomic E-state index is 4.41. The van der Waals surface area contributed by atoms with Crippen molar-refractivity contribution in [1.82, 2.24) is 9.97 Å². The SMILES string of the molecule is CC(c1ccccn1)c1cc2ccccc2[nH]1. The first kappa shape index (κ1) is 10.1. The zero-order valence-corrected chi connectivity index (χ0v) is 9.72. The molecule has 0 fully saturated rings. The molecule has 3 rings (SSSR count). The number of hydrogen-bond acceptors (Lipinski definition) is 1. The molecule has 0 radical (unpaired) electrons. The number of hydrogen-bond donors (Lipinski definition) is 1. The number of aromatic nitrogens is 2. The molecule has 0 saturated carbocycles. The molecule has 0 spiro atoms. The van der Waals surface area contributed by atoms with Gasteiger partial charge in [-0.3, -0.25) is 4.98 Å². The highest BCUT2D eigenvalue weighted by atomic mass is 14.7. The molecule has 0 saturated heterocycles. The molecule has 3 aromatic rings. The summed E-state index contributed by atoms with van der Waals surface area (Å²) >= 11 is 0. The van der Waals surface area contributed by atoms with Gasteiger partial charge in [0.2, 0.25) is 0 Å². The molecule has 1 aromatic carbocycles. The number of para-hydroxylation sites is 1. The van der Waals surface area contributed by atoms with E-state index < -0.39 is 0 Å². The quantitative estimate of drug-likeness (QED) is 0.703. The molecule has 1 atom stereocenters. The van der Waals surface area contributed by atoms with Crippen molar-refractivity contribution >= 4 is 10.9 Å². The Morgan fingerprint density at radius 3 is 2.65 bits per heavy atom. The summed E-state index contributed by atoms with van der Waals surface area (Å²) in [6, 6.07) is 16.6. The molecular formula is C15H14N2. The maximum atomic E-state index is 4.41. The van der Waals surface area contributed by atoms with Gasteiger partial charge in [-0.25, -0.2) is 0 Å². The first-order chi connectivity index (χ1) is 8.34. The van der Waals surface area contributed by atoms with E-state index in [0.29, 0.717) is 5.92 Å². The van der Waals surface area contributed by atoms with E-state index in [1.807, 2.05) is 24.4 Å². The molecule has 84 valence electrons. The Balaban J connectivity index is 2.04. The summed E-state index contributed by atoms with van der Waals surface area (Å²) in [5, 5.41) is 1.25. The largest absolute Gasteiger partial charge is 0.358 e. The van der Waals surface area contributed by atoms with Gasteiger partial charge < -0.3 is 4.98 Å². The van der Waals surface area contributed by atoms with Gasteiger partial charge in [-0.2, -0.15) is 0 Å². The van der Waals surface area contributed by atoms with Crippen LogP contribution in [0.25, 0.3) is 10.9 Å². The Kier molecular flexibility index (Phi) is 2.41. The summed E-state index contributed by atoms with van der Waals surface area (Å²) < 4.78 is 0. The van der Waals surface area contributed by atoms with Gasteiger partial charge in [-0.15, -0.1) is 0 Å². The van der Waals surface area contributed by atoms with E-state index in [1.54, 1.807) is 0 Å². The van der Waals surface area contributed by atoms with Gasteiger partial charge in [-0.05, 0) is 29.7 Å². The summed E-state index contributed by atoms with van der Waals surface area (Å²) in [5.41, 5.74) is 3.49. The van der Waals surface area contributed by atoms with Gasteiger partial charge in [0.05, 0.1) is 0 Å². The molecule has 0 aliphatic rings. The lowest BCUT2D eigenvalue weighted by atomic mass is 10.0. The van der Waals surface area contributed by atoms with Crippen molar-refractivity contribution < 1.29 is 0 Å². The minimum absolute atomic E-state index is 0.295. The molecule has 2 nitrogen and oxygen atoms in total. The standard InChI is InChI=1S/C15H14N2/c1-11(13-7-4-5-9-16-13)15-10-12-6-2-3-8-14(12)17-15/h2-11,17H,1H3. The van der Waals surface area contributed by atoms with Gasteiger partial charge in [0.15, 0.2) is 0 Å². The molecule has 0 bridgehead atoms. The third kappa shape index (κ3) is 1.82. The first-order valence-corrected chi connectivity index (χ1v) is 5.83. The predicted molar refractivity (Wildman–Crippen MR) is 70.1 cm³/mol. The molecule has 2 heterocycles. The molecule has 0 amide bonds. The normalized spacial score (nSPS) is 12.8. The number of nitrogens with one attached hydrogen (secondary N) is 1. The van der Waals surface area contributed by atoms with Crippen LogP contribution >= 0.6 is 0 Å². The van der Waals surface area contributed by atoms with Crippen LogP contribution in [-0.2, 0) is 0 Å². The molecule has 2 aromatic heterocycles. The maximum Gasteiger partial charge on any atom is 0.0490 e. The van der Waals surface area contributed by atoms with Gasteiger partial charge in [-0.1, -0.05) is 31.2 Å². The second-order valence-corrected chi connectivity index (χ2v) is 4.29. The van der Waals surface area contributed by atoms with E-state index in [9.17, 15) is 0 Å². The van der Waals surface area contributed by atoms with Crippen LogP contribution in [0.15, 0.2) is 54.7 Å². The fraction of sp³-hybridized carbons (Fsp3) is 0.133. The average molecular weight is 222 g/mol. The van der Waals surface area contributed by atoms with Gasteiger partial charge >= 0.3 is 0 Å². The summed E-state index contributed by atoms with van der Waals surface area (Å²) in [5.74, 6) is 0.295. The van der Waals surface area contributed by atoms with Crippen LogP contribution in [0.3, 0.4) is 0 Å². The number of benzene rings is 1. The Labute approximate surface area is 100 Å². The lowest BCUT2D eigenvalue weighted by Crippen LogP contribution is -1.98. The number of nitrogens with zero attached hydrogens (tertiary/aromatic N) is 1. The fourth-order valence-corrected chi connectivity index (χ4v) is 2.12. The second-order valence-electron chi connectivity index (χ2n) is 4.29. The van der Waals surface area contributed by atoms with Crippen LogP contribution in [0.5, 0.6) is 0 Å². The van der Waals surface area contributed by atoms with Crippen LogP contribution in [0.4, 0.5) is 0 Å². The Bertz CT molecular complexity index is 592. The Morgan fingerprint density at radius 1 is 1.06 bits per heavy atom. The number of H-pyrrole nitrogens is 1. The average Bonchev–Trinajstić information content (AvgIpc) is 2.82. The van der Waals surface area contributed by atoms with Gasteiger partial charge in [0.25, 0.3) is 0 Å². The number of pyridine rings is 1. The highest BCUT2D eigenvalue weighted by Crippen LogP contribution is 2.25. The van der Waals surface area contributed by atoms with Crippen molar-refractivity contribution in [2.45, 2.75) is 12.8 Å². The summed E-state index contributed by atoms with van der Waals surface area (Å²) in [6.07, 6.45) is 1.84. The molecular weight excluding hydrogens is 208 g/mol. The Hall–Kier alpha value is -2.09. The molecule has 1 unspecified atom stereocenters. The zero-order valence-electron chi connectivity index (χ0n) is 9.72. The lowest BCUT2D eigenvalue weighted by Gasteiger charge is -2.08. The summed E-state index contributed by atoms with van der Waals surface area (Å²) in [6.45, 7) is 2.17. The topological polar surface area (TPSA) is 28.7 Å². The van der Waals surface area contributed by atoms with E-state index in [2.05, 4.69) is 47.2 Å². The van der Waals surface area contributed by atoms with E-state index in [4.69, 9.17) is 0 Å². The van der Waals surface area contributed by atoms with E-state index in [1.165, 1.54) is 16.6 Å². The fourth-order valence-electron chi connectivity index (χ4n) is 2.12. The molecule has 0 aliphatic heterocycles. The van der Waals surface area contributed by atoms with Gasteiger partial charge in [0, 0.05) is 29.0 Å². The van der Waals surface area contributed by atoms with Crippen molar-refractivity contribution in [3.8, 4) is 0 Å². The van der Waals surface area contributed by atoms with Crippen LogP contribution in [0.1, 0.15) is 24.2 Å². The minimum Gasteiger partial charge on any atom is -0.358 e. The van der Waals surface area contributed by atoms with Crippen molar-refractivity contribution in [3.05, 3.63) is 66.1 Å². The van der Waals surface area contributed by atoms with Crippen molar-refractivity contribution in [3.63, 3.8) is 0 Å². The van der Waals surface area contributed by atoms with Crippen molar-refractivity contribution in [2.75, 3.05) is 0 Å². The van der Waals surface area contributed by atoms with Crippen molar-refractivity contribution in [1.29, 1.82) is 0 Å². The number of aromatic amines is 1. The number of rotatable bonds is 2. The Morgan fingerprint density at radius 2 is 1.88 bits per heavy atom. The van der Waals surface area contributed by atoms with E-state index in [-0.39, 0.29) is 0 Å². The van der Waals surface area contributed by atoms with E-state index >= 15 is 0 Å². The summed E-state index contributed by atoms with van der Waals surface area (Å²) in [7, 11) is 0. The first-order valence-electron chi connectivity index (χ1n) is 5.83. The summed E-state index contributed by atoms with van der Waals surface area (Å²) in [4.78, 5) is 7.86.